The average molecular weight is 442 g/mol. The normalized spacial score (nSPS) is 11.1. The summed E-state index contributed by atoms with van der Waals surface area (Å²) in [5.41, 5.74) is 4.10. The van der Waals surface area contributed by atoms with Crippen molar-refractivity contribution in [3.8, 4) is 0 Å². The summed E-state index contributed by atoms with van der Waals surface area (Å²) in [5.74, 6) is 0.713. The van der Waals surface area contributed by atoms with Crippen LogP contribution in [0.1, 0.15) is 49.9 Å². The van der Waals surface area contributed by atoms with E-state index in [1.807, 2.05) is 37.4 Å². The molecule has 2 aromatic heterocycles. The van der Waals surface area contributed by atoms with Crippen LogP contribution in [0.3, 0.4) is 0 Å². The van der Waals surface area contributed by atoms with Gasteiger partial charge in [-0.2, -0.15) is 0 Å². The highest BCUT2D eigenvalue weighted by Gasteiger charge is 2.04. The maximum absolute atomic E-state index is 8.85. The van der Waals surface area contributed by atoms with Gasteiger partial charge in [0, 0.05) is 53.4 Å². The maximum atomic E-state index is 8.85. The minimum absolute atomic E-state index is 0.259. The van der Waals surface area contributed by atoms with E-state index in [2.05, 4.69) is 31.7 Å². The number of anilines is 2. The summed E-state index contributed by atoms with van der Waals surface area (Å²) in [4.78, 5) is 13.5. The summed E-state index contributed by atoms with van der Waals surface area (Å²) in [7, 11) is 0. The van der Waals surface area contributed by atoms with Gasteiger partial charge in [-0.3, -0.25) is 4.98 Å². The molecule has 0 fully saturated rings. The van der Waals surface area contributed by atoms with E-state index in [1.165, 1.54) is 0 Å². The molecule has 0 aliphatic heterocycles. The molecule has 0 saturated carbocycles. The Labute approximate surface area is 189 Å². The summed E-state index contributed by atoms with van der Waals surface area (Å²) in [5, 5.41) is 17.5. The summed E-state index contributed by atoms with van der Waals surface area (Å²) in [6, 6.07) is 9.90. The van der Waals surface area contributed by atoms with Crippen LogP contribution in [0.4, 0.5) is 11.6 Å². The van der Waals surface area contributed by atoms with Crippen molar-refractivity contribution in [2.45, 2.75) is 51.9 Å². The molecular weight excluding hydrogens is 410 g/mol. The van der Waals surface area contributed by atoms with Crippen LogP contribution in [0.2, 0.25) is 5.02 Å². The Morgan fingerprint density at radius 2 is 1.71 bits per heavy atom. The average Bonchev–Trinajstić information content (AvgIpc) is 2.75. The maximum Gasteiger partial charge on any atom is 0.223 e. The molecule has 0 spiro atoms. The van der Waals surface area contributed by atoms with Gasteiger partial charge < -0.3 is 15.7 Å². The first kappa shape index (κ1) is 23.2. The van der Waals surface area contributed by atoms with Crippen LogP contribution < -0.4 is 10.6 Å². The molecule has 0 aliphatic rings. The number of nitrogens with one attached hydrogen (secondary N) is 2. The van der Waals surface area contributed by atoms with E-state index >= 15 is 0 Å². The number of aryl methyl sites for hydroxylation is 2. The van der Waals surface area contributed by atoms with Crippen molar-refractivity contribution in [3.63, 3.8) is 0 Å². The first-order chi connectivity index (χ1) is 15.2. The molecule has 3 rings (SSSR count). The Kier molecular flexibility index (Phi) is 9.31. The predicted octanol–water partition coefficient (Wildman–Crippen LogP) is 5.39. The molecular formula is C24H32ClN5O. The second-order valence-corrected chi connectivity index (χ2v) is 8.23. The zero-order chi connectivity index (χ0) is 21.9. The summed E-state index contributed by atoms with van der Waals surface area (Å²) < 4.78 is 0. The number of aromatic nitrogens is 3. The van der Waals surface area contributed by atoms with Gasteiger partial charge in [0.2, 0.25) is 5.95 Å². The number of aliphatic hydroxyl groups is 1. The lowest BCUT2D eigenvalue weighted by molar-refractivity contribution is 0.283. The zero-order valence-electron chi connectivity index (χ0n) is 18.2. The van der Waals surface area contributed by atoms with E-state index in [1.54, 1.807) is 0 Å². The van der Waals surface area contributed by atoms with E-state index in [4.69, 9.17) is 16.7 Å². The highest BCUT2D eigenvalue weighted by Crippen LogP contribution is 2.24. The number of rotatable bonds is 13. The number of benzene rings is 1. The van der Waals surface area contributed by atoms with Crippen molar-refractivity contribution in [3.05, 3.63) is 52.9 Å². The number of unbranched alkanes of at least 4 members (excludes halogenated alkanes) is 4. The number of fused-ring (bicyclic) bond motifs is 1. The first-order valence-electron chi connectivity index (χ1n) is 11.1. The van der Waals surface area contributed by atoms with Crippen LogP contribution in [-0.2, 0) is 6.42 Å². The van der Waals surface area contributed by atoms with Gasteiger partial charge >= 0.3 is 0 Å². The molecule has 0 radical (unpaired) electrons. The van der Waals surface area contributed by atoms with E-state index < -0.39 is 0 Å². The van der Waals surface area contributed by atoms with Crippen LogP contribution in [0, 0.1) is 6.92 Å². The zero-order valence-corrected chi connectivity index (χ0v) is 19.0. The Bertz CT molecular complexity index is 966. The van der Waals surface area contributed by atoms with E-state index in [9.17, 15) is 0 Å². The molecule has 0 unspecified atom stereocenters. The van der Waals surface area contributed by atoms with Gasteiger partial charge in [-0.1, -0.05) is 18.0 Å². The summed E-state index contributed by atoms with van der Waals surface area (Å²) in [6.07, 6.45) is 8.98. The Hall–Kier alpha value is -2.44. The minimum Gasteiger partial charge on any atom is -0.396 e. The van der Waals surface area contributed by atoms with Gasteiger partial charge in [0.05, 0.1) is 5.52 Å². The molecule has 0 bridgehead atoms. The van der Waals surface area contributed by atoms with Crippen molar-refractivity contribution < 1.29 is 5.11 Å². The SMILES string of the molecule is Cc1cc(CCCCCNc2ccnc3cc(Cl)ccc23)nc(NCCCCCO)n1. The van der Waals surface area contributed by atoms with Crippen molar-refractivity contribution in [1.82, 2.24) is 15.0 Å². The predicted molar refractivity (Wildman–Crippen MR) is 129 cm³/mol. The second kappa shape index (κ2) is 12.4. The summed E-state index contributed by atoms with van der Waals surface area (Å²) >= 11 is 6.06. The number of nitrogens with zero attached hydrogens (tertiary/aromatic N) is 3. The van der Waals surface area contributed by atoms with Gasteiger partial charge in [0.25, 0.3) is 0 Å². The highest BCUT2D eigenvalue weighted by molar-refractivity contribution is 6.31. The molecule has 0 saturated heterocycles. The molecule has 0 aliphatic carbocycles. The minimum atomic E-state index is 0.259. The second-order valence-electron chi connectivity index (χ2n) is 7.79. The number of aliphatic hydroxyl groups excluding tert-OH is 1. The fourth-order valence-electron chi connectivity index (χ4n) is 3.56. The third kappa shape index (κ3) is 7.64. The largest absolute Gasteiger partial charge is 0.396 e. The van der Waals surface area contributed by atoms with Crippen molar-refractivity contribution >= 4 is 34.1 Å². The molecule has 0 amide bonds. The van der Waals surface area contributed by atoms with Gasteiger partial charge in [-0.05, 0) is 75.8 Å². The lowest BCUT2D eigenvalue weighted by Crippen LogP contribution is -2.08. The standard InChI is InChI=1S/C24H32ClN5O/c1-18-16-20(30-24(29-18)28-13-6-3-7-15-31)8-4-2-5-12-26-22-11-14-27-23-17-19(25)9-10-21(22)23/h9-11,14,16-17,31H,2-8,12-13,15H2,1H3,(H,26,27)(H,28,29,30). The number of halogens is 1. The quantitative estimate of drug-likeness (QED) is 0.308. The van der Waals surface area contributed by atoms with Crippen LogP contribution in [-0.4, -0.2) is 39.8 Å². The molecule has 2 heterocycles. The van der Waals surface area contributed by atoms with Crippen molar-refractivity contribution in [2.24, 2.45) is 0 Å². The third-order valence-corrected chi connectivity index (χ3v) is 5.39. The number of hydrogen-bond donors (Lipinski definition) is 3. The van der Waals surface area contributed by atoms with E-state index in [0.717, 1.165) is 86.0 Å². The molecule has 3 N–H and O–H groups in total. The van der Waals surface area contributed by atoms with Crippen molar-refractivity contribution in [1.29, 1.82) is 0 Å². The first-order valence-corrected chi connectivity index (χ1v) is 11.5. The summed E-state index contributed by atoms with van der Waals surface area (Å²) in [6.45, 7) is 4.03. The van der Waals surface area contributed by atoms with Crippen molar-refractivity contribution in [2.75, 3.05) is 30.3 Å². The van der Waals surface area contributed by atoms with Gasteiger partial charge in [-0.25, -0.2) is 9.97 Å². The fourth-order valence-corrected chi connectivity index (χ4v) is 3.73. The molecule has 31 heavy (non-hydrogen) atoms. The Balaban J connectivity index is 1.39. The van der Waals surface area contributed by atoms with Crippen LogP contribution in [0.5, 0.6) is 0 Å². The van der Waals surface area contributed by atoms with Crippen LogP contribution in [0.15, 0.2) is 36.5 Å². The number of pyridine rings is 1. The molecule has 3 aromatic rings. The number of hydrogen-bond acceptors (Lipinski definition) is 6. The van der Waals surface area contributed by atoms with Crippen LogP contribution >= 0.6 is 11.6 Å². The lowest BCUT2D eigenvalue weighted by atomic mass is 10.1. The Morgan fingerprint density at radius 1 is 0.903 bits per heavy atom. The van der Waals surface area contributed by atoms with Gasteiger partial charge in [0.15, 0.2) is 0 Å². The third-order valence-electron chi connectivity index (χ3n) is 5.16. The topological polar surface area (TPSA) is 83.0 Å². The monoisotopic (exact) mass is 441 g/mol. The van der Waals surface area contributed by atoms with E-state index in [-0.39, 0.29) is 6.61 Å². The Morgan fingerprint density at radius 3 is 2.55 bits per heavy atom. The van der Waals surface area contributed by atoms with Gasteiger partial charge in [0.1, 0.15) is 0 Å². The van der Waals surface area contributed by atoms with Gasteiger partial charge in [-0.15, -0.1) is 0 Å². The smallest absolute Gasteiger partial charge is 0.223 e. The molecule has 0 atom stereocenters. The molecule has 1 aromatic carbocycles. The van der Waals surface area contributed by atoms with E-state index in [0.29, 0.717) is 11.0 Å². The fraction of sp³-hybridized carbons (Fsp3) is 0.458. The molecule has 7 heteroatoms. The molecule has 166 valence electrons. The molecule has 6 nitrogen and oxygen atoms in total. The highest BCUT2D eigenvalue weighted by atomic mass is 35.5. The van der Waals surface area contributed by atoms with Crippen LogP contribution in [0.25, 0.3) is 10.9 Å². The lowest BCUT2D eigenvalue weighted by Gasteiger charge is -2.10.